The molecule has 2 amide bonds. The Kier molecular flexibility index (Phi) is 4.43. The first-order valence-corrected chi connectivity index (χ1v) is 5.67. The van der Waals surface area contributed by atoms with Gasteiger partial charge in [-0.2, -0.15) is 0 Å². The van der Waals surface area contributed by atoms with E-state index in [0.717, 1.165) is 0 Å². The van der Waals surface area contributed by atoms with Gasteiger partial charge in [-0.3, -0.25) is 24.6 Å². The first kappa shape index (κ1) is 13.1. The Morgan fingerprint density at radius 1 is 1.69 bits per heavy atom. The summed E-state index contributed by atoms with van der Waals surface area (Å²) in [5.74, 6) is -1.13. The summed E-state index contributed by atoms with van der Waals surface area (Å²) in [6, 6.07) is -0.428. The maximum atomic E-state index is 11.3. The lowest BCUT2D eigenvalue weighted by atomic mass is 10.2. The molecule has 1 rings (SSSR count). The lowest BCUT2D eigenvalue weighted by molar-refractivity contribution is -0.144. The second-order valence-corrected chi connectivity index (χ2v) is 4.61. The molecule has 0 saturated carbocycles. The van der Waals surface area contributed by atoms with Gasteiger partial charge in [-0.05, 0) is 6.92 Å². The third-order valence-electron chi connectivity index (χ3n) is 2.39. The third kappa shape index (κ3) is 3.02. The van der Waals surface area contributed by atoms with Crippen LogP contribution in [0.3, 0.4) is 0 Å². The Labute approximate surface area is 101 Å². The molecule has 0 aromatic rings. The Hall–Kier alpha value is -0.950. The number of ether oxygens (including phenoxy) is 1. The van der Waals surface area contributed by atoms with Gasteiger partial charge >= 0.3 is 5.97 Å². The van der Waals surface area contributed by atoms with Crippen LogP contribution in [0.4, 0.5) is 0 Å². The van der Waals surface area contributed by atoms with E-state index in [1.807, 2.05) is 0 Å². The number of nitrogens with one attached hydrogen (secondary N) is 1. The van der Waals surface area contributed by atoms with Crippen LogP contribution in [0.2, 0.25) is 0 Å². The van der Waals surface area contributed by atoms with E-state index in [9.17, 15) is 14.4 Å². The Balaban J connectivity index is 2.61. The van der Waals surface area contributed by atoms with Crippen LogP contribution in [0, 0.1) is 0 Å². The average Bonchev–Trinajstić information content (AvgIpc) is 2.23. The number of alkyl halides is 1. The zero-order valence-corrected chi connectivity index (χ0v) is 10.6. The van der Waals surface area contributed by atoms with E-state index in [0.29, 0.717) is 0 Å². The average molecular weight is 293 g/mol. The van der Waals surface area contributed by atoms with Gasteiger partial charge in [-0.15, -0.1) is 0 Å². The van der Waals surface area contributed by atoms with Gasteiger partial charge < -0.3 is 4.74 Å². The van der Waals surface area contributed by atoms with Crippen LogP contribution in [0.1, 0.15) is 6.92 Å². The summed E-state index contributed by atoms with van der Waals surface area (Å²) in [6.07, 6.45) is 0. The Morgan fingerprint density at radius 2 is 2.31 bits per heavy atom. The van der Waals surface area contributed by atoms with Crippen molar-refractivity contribution in [2.75, 3.05) is 20.2 Å². The molecule has 16 heavy (non-hydrogen) atoms. The van der Waals surface area contributed by atoms with Crippen LogP contribution in [0.15, 0.2) is 0 Å². The first-order valence-electron chi connectivity index (χ1n) is 4.75. The molecule has 0 aliphatic carbocycles. The van der Waals surface area contributed by atoms with Crippen molar-refractivity contribution in [3.63, 3.8) is 0 Å². The summed E-state index contributed by atoms with van der Waals surface area (Å²) in [7, 11) is 1.29. The van der Waals surface area contributed by atoms with E-state index in [-0.39, 0.29) is 24.9 Å². The predicted molar refractivity (Wildman–Crippen MR) is 58.9 cm³/mol. The molecule has 0 bridgehead atoms. The minimum absolute atomic E-state index is 0.103. The number of esters is 1. The van der Waals surface area contributed by atoms with Crippen molar-refractivity contribution in [2.24, 2.45) is 0 Å². The lowest BCUT2D eigenvalue weighted by Gasteiger charge is -2.32. The Morgan fingerprint density at radius 3 is 2.88 bits per heavy atom. The minimum Gasteiger partial charge on any atom is -0.468 e. The zero-order valence-electron chi connectivity index (χ0n) is 9.03. The largest absolute Gasteiger partial charge is 0.468 e. The van der Waals surface area contributed by atoms with Gasteiger partial charge in [0.05, 0.1) is 19.7 Å². The van der Waals surface area contributed by atoms with Gasteiger partial charge in [0.1, 0.15) is 4.83 Å². The van der Waals surface area contributed by atoms with E-state index in [4.69, 9.17) is 0 Å². The SMILES string of the molecule is COC(=O)C(Br)CN1CC(=O)NC(=O)C1C. The fraction of sp³-hybridized carbons (Fsp3) is 0.667. The number of carbonyl (C=O) groups is 3. The molecule has 0 aromatic carbocycles. The zero-order chi connectivity index (χ0) is 12.3. The quantitative estimate of drug-likeness (QED) is 0.422. The molecule has 2 unspecified atom stereocenters. The number of methoxy groups -OCH3 is 1. The molecule has 1 aliphatic rings. The molecule has 2 atom stereocenters. The van der Waals surface area contributed by atoms with E-state index in [2.05, 4.69) is 26.0 Å². The molecule has 1 fully saturated rings. The molecule has 0 spiro atoms. The van der Waals surface area contributed by atoms with Gasteiger partial charge in [0, 0.05) is 6.54 Å². The standard InChI is InChI=1S/C9H13BrN2O4/c1-5-8(14)11-7(13)4-12(5)3-6(10)9(15)16-2/h5-6H,3-4H2,1-2H3,(H,11,13,14). The molecule has 1 heterocycles. The molecule has 7 heteroatoms. The summed E-state index contributed by atoms with van der Waals surface area (Å²) < 4.78 is 4.54. The summed E-state index contributed by atoms with van der Waals surface area (Å²) in [4.78, 5) is 34.7. The number of rotatable bonds is 3. The number of imide groups is 1. The van der Waals surface area contributed by atoms with Gasteiger partial charge in [-0.1, -0.05) is 15.9 Å². The van der Waals surface area contributed by atoms with E-state index >= 15 is 0 Å². The van der Waals surface area contributed by atoms with Gasteiger partial charge in [0.25, 0.3) is 0 Å². The minimum atomic E-state index is -0.543. The van der Waals surface area contributed by atoms with Crippen LogP contribution in [0.25, 0.3) is 0 Å². The van der Waals surface area contributed by atoms with Crippen LogP contribution >= 0.6 is 15.9 Å². The fourth-order valence-electron chi connectivity index (χ4n) is 1.40. The molecular weight excluding hydrogens is 280 g/mol. The van der Waals surface area contributed by atoms with E-state index in [1.54, 1.807) is 11.8 Å². The summed E-state index contributed by atoms with van der Waals surface area (Å²) in [6.45, 7) is 2.04. The van der Waals surface area contributed by atoms with Crippen molar-refractivity contribution in [1.29, 1.82) is 0 Å². The number of amides is 2. The van der Waals surface area contributed by atoms with Crippen molar-refractivity contribution >= 4 is 33.7 Å². The highest BCUT2D eigenvalue weighted by atomic mass is 79.9. The molecule has 1 aliphatic heterocycles. The van der Waals surface area contributed by atoms with Crippen LogP contribution in [-0.4, -0.2) is 53.8 Å². The van der Waals surface area contributed by atoms with E-state index in [1.165, 1.54) is 7.11 Å². The number of hydrogen-bond donors (Lipinski definition) is 1. The molecule has 90 valence electrons. The molecule has 1 saturated heterocycles. The highest BCUT2D eigenvalue weighted by molar-refractivity contribution is 9.10. The summed E-state index contributed by atoms with van der Waals surface area (Å²) in [5, 5.41) is 2.22. The molecule has 6 nitrogen and oxygen atoms in total. The van der Waals surface area contributed by atoms with Crippen molar-refractivity contribution < 1.29 is 19.1 Å². The number of halogens is 1. The maximum Gasteiger partial charge on any atom is 0.320 e. The maximum absolute atomic E-state index is 11.3. The normalized spacial score (nSPS) is 23.8. The number of carbonyl (C=O) groups excluding carboxylic acids is 3. The topological polar surface area (TPSA) is 75.7 Å². The van der Waals surface area contributed by atoms with Crippen LogP contribution in [0.5, 0.6) is 0 Å². The number of piperazine rings is 1. The summed E-state index contributed by atoms with van der Waals surface area (Å²) in [5.41, 5.74) is 0. The highest BCUT2D eigenvalue weighted by Crippen LogP contribution is 2.10. The van der Waals surface area contributed by atoms with Crippen molar-refractivity contribution in [1.82, 2.24) is 10.2 Å². The molecule has 0 radical (unpaired) electrons. The van der Waals surface area contributed by atoms with Crippen LogP contribution in [-0.2, 0) is 19.1 Å². The fourth-order valence-corrected chi connectivity index (χ4v) is 1.96. The van der Waals surface area contributed by atoms with Gasteiger partial charge in [0.2, 0.25) is 11.8 Å². The molecule has 0 aromatic heterocycles. The monoisotopic (exact) mass is 292 g/mol. The predicted octanol–water partition coefficient (Wildman–Crippen LogP) is -0.730. The number of hydrogen-bond acceptors (Lipinski definition) is 5. The molecular formula is C9H13BrN2O4. The Bertz CT molecular complexity index is 321. The second-order valence-electron chi connectivity index (χ2n) is 3.51. The van der Waals surface area contributed by atoms with Gasteiger partial charge in [0.15, 0.2) is 0 Å². The lowest BCUT2D eigenvalue weighted by Crippen LogP contribution is -2.58. The van der Waals surface area contributed by atoms with Crippen molar-refractivity contribution in [3.05, 3.63) is 0 Å². The molecule has 1 N–H and O–H groups in total. The number of nitrogens with zero attached hydrogens (tertiary/aromatic N) is 1. The first-order chi connectivity index (χ1) is 7.45. The third-order valence-corrected chi connectivity index (χ3v) is 3.05. The second kappa shape index (κ2) is 5.40. The summed E-state index contributed by atoms with van der Waals surface area (Å²) >= 11 is 3.15. The smallest absolute Gasteiger partial charge is 0.320 e. The van der Waals surface area contributed by atoms with Crippen molar-refractivity contribution in [2.45, 2.75) is 17.8 Å². The van der Waals surface area contributed by atoms with E-state index < -0.39 is 16.8 Å². The highest BCUT2D eigenvalue weighted by Gasteiger charge is 2.32. The van der Waals surface area contributed by atoms with Gasteiger partial charge in [-0.25, -0.2) is 0 Å². The van der Waals surface area contributed by atoms with Crippen LogP contribution < -0.4 is 5.32 Å². The van der Waals surface area contributed by atoms with Crippen molar-refractivity contribution in [3.8, 4) is 0 Å².